The maximum atomic E-state index is 12.7. The van der Waals surface area contributed by atoms with E-state index in [2.05, 4.69) is 11.8 Å². The van der Waals surface area contributed by atoms with E-state index >= 15 is 0 Å². The molecule has 1 aliphatic heterocycles. The number of aliphatic hydroxyl groups is 1. The summed E-state index contributed by atoms with van der Waals surface area (Å²) in [5.41, 5.74) is 4.25. The van der Waals surface area contributed by atoms with Crippen molar-refractivity contribution >= 4 is 11.8 Å². The van der Waals surface area contributed by atoms with Crippen LogP contribution in [0.3, 0.4) is 0 Å². The van der Waals surface area contributed by atoms with E-state index in [0.29, 0.717) is 11.1 Å². The van der Waals surface area contributed by atoms with Gasteiger partial charge in [-0.3, -0.25) is 14.8 Å². The van der Waals surface area contributed by atoms with Crippen molar-refractivity contribution in [2.75, 3.05) is 0 Å². The molecule has 0 unspecified atom stereocenters. The lowest BCUT2D eigenvalue weighted by molar-refractivity contribution is -0.137. The van der Waals surface area contributed by atoms with Gasteiger partial charge < -0.3 is 10.0 Å². The Bertz CT molecular complexity index is 897. The molecule has 0 saturated heterocycles. The van der Waals surface area contributed by atoms with Crippen LogP contribution >= 0.6 is 0 Å². The van der Waals surface area contributed by atoms with E-state index in [1.807, 2.05) is 36.4 Å². The molecule has 2 aromatic carbocycles. The summed E-state index contributed by atoms with van der Waals surface area (Å²) in [6, 6.07) is 13.6. The van der Waals surface area contributed by atoms with Gasteiger partial charge in [-0.2, -0.15) is 0 Å². The van der Waals surface area contributed by atoms with E-state index in [9.17, 15) is 14.7 Å². The Morgan fingerprint density at radius 2 is 1.85 bits per heavy atom. The fraction of sp³-hybridized carbons (Fsp3) is 0.200. The number of carbonyl (C=O) groups is 2. The highest BCUT2D eigenvalue weighted by Gasteiger charge is 2.38. The predicted molar refractivity (Wildman–Crippen MR) is 94.1 cm³/mol. The van der Waals surface area contributed by atoms with Crippen molar-refractivity contribution in [3.8, 4) is 11.8 Å². The highest BCUT2D eigenvalue weighted by Crippen LogP contribution is 2.26. The van der Waals surface area contributed by atoms with Crippen molar-refractivity contribution in [2.24, 2.45) is 0 Å². The summed E-state index contributed by atoms with van der Waals surface area (Å²) in [5, 5.41) is 18.7. The molecule has 3 N–H and O–H groups in total. The molecule has 1 aliphatic rings. The third-order valence-electron chi connectivity index (χ3n) is 4.24. The number of hydrogen-bond acceptors (Lipinski definition) is 4. The third-order valence-corrected chi connectivity index (χ3v) is 4.24. The Hall–Kier alpha value is -3.14. The number of nitrogens with one attached hydrogen (secondary N) is 1. The molecule has 132 valence electrons. The normalized spacial score (nSPS) is 14.9. The Balaban J connectivity index is 1.87. The third kappa shape index (κ3) is 3.45. The molecule has 0 aliphatic carbocycles. The molecule has 0 bridgehead atoms. The van der Waals surface area contributed by atoms with Crippen LogP contribution in [0, 0.1) is 11.8 Å². The van der Waals surface area contributed by atoms with Crippen LogP contribution < -0.4 is 5.48 Å². The van der Waals surface area contributed by atoms with Crippen molar-refractivity contribution in [3.05, 3.63) is 70.8 Å². The number of benzene rings is 2. The van der Waals surface area contributed by atoms with Crippen LogP contribution in [0.25, 0.3) is 0 Å². The molecule has 0 fully saturated rings. The van der Waals surface area contributed by atoms with Gasteiger partial charge in [0.05, 0.1) is 6.10 Å². The van der Waals surface area contributed by atoms with Crippen LogP contribution in [0.4, 0.5) is 0 Å². The summed E-state index contributed by atoms with van der Waals surface area (Å²) in [7, 11) is 0. The molecular weight excluding hydrogens is 332 g/mol. The first-order valence-electron chi connectivity index (χ1n) is 8.14. The van der Waals surface area contributed by atoms with Crippen LogP contribution in [-0.4, -0.2) is 39.2 Å². The second-order valence-electron chi connectivity index (χ2n) is 6.08. The van der Waals surface area contributed by atoms with Crippen LogP contribution in [-0.2, 0) is 11.3 Å². The maximum absolute atomic E-state index is 12.7. The highest BCUT2D eigenvalue weighted by atomic mass is 16.5. The van der Waals surface area contributed by atoms with Gasteiger partial charge >= 0.3 is 0 Å². The number of fused-ring (bicyclic) bond motifs is 1. The number of aliphatic hydroxyl groups excluding tert-OH is 1. The molecule has 0 saturated carbocycles. The summed E-state index contributed by atoms with van der Waals surface area (Å²) in [4.78, 5) is 25.8. The van der Waals surface area contributed by atoms with Gasteiger partial charge in [0.2, 0.25) is 0 Å². The molecule has 6 heteroatoms. The van der Waals surface area contributed by atoms with Gasteiger partial charge in [-0.1, -0.05) is 36.1 Å². The Kier molecular flexibility index (Phi) is 5.03. The minimum Gasteiger partial charge on any atom is -0.391 e. The van der Waals surface area contributed by atoms with E-state index in [0.717, 1.165) is 11.1 Å². The molecule has 2 aromatic rings. The largest absolute Gasteiger partial charge is 0.391 e. The number of rotatable bonds is 3. The quantitative estimate of drug-likeness (QED) is 0.442. The fourth-order valence-electron chi connectivity index (χ4n) is 2.98. The lowest BCUT2D eigenvalue weighted by Crippen LogP contribution is -2.52. The zero-order valence-corrected chi connectivity index (χ0v) is 14.1. The molecule has 0 radical (unpaired) electrons. The van der Waals surface area contributed by atoms with Crippen LogP contribution in [0.1, 0.15) is 34.0 Å². The Labute approximate surface area is 151 Å². The zero-order chi connectivity index (χ0) is 18.7. The Morgan fingerprint density at radius 3 is 2.50 bits per heavy atom. The molecule has 0 aromatic heterocycles. The van der Waals surface area contributed by atoms with E-state index in [-0.39, 0.29) is 12.5 Å². The van der Waals surface area contributed by atoms with Crippen LogP contribution in [0.5, 0.6) is 0 Å². The summed E-state index contributed by atoms with van der Waals surface area (Å²) < 4.78 is 0. The average molecular weight is 350 g/mol. The number of amides is 2. The average Bonchev–Trinajstić information content (AvgIpc) is 2.96. The number of carbonyl (C=O) groups excluding carboxylic acids is 2. The van der Waals surface area contributed by atoms with Crippen molar-refractivity contribution in [1.29, 1.82) is 0 Å². The standard InChI is InChI=1S/C20H18N2O4/c1-13(23)18(19(24)21-26)22-12-16-10-9-15(11-17(16)20(22)25)8-7-14-5-3-2-4-6-14/h2-6,9-11,13,18,23,26H,12H2,1H3,(H,21,24)/t13-,18-/m1/s1. The van der Waals surface area contributed by atoms with Crippen LogP contribution in [0.2, 0.25) is 0 Å². The van der Waals surface area contributed by atoms with Crippen molar-refractivity contribution < 1.29 is 19.9 Å². The molecule has 1 heterocycles. The van der Waals surface area contributed by atoms with Gasteiger partial charge in [-0.15, -0.1) is 0 Å². The second kappa shape index (κ2) is 7.40. The molecule has 2 atom stereocenters. The topological polar surface area (TPSA) is 89.9 Å². The van der Waals surface area contributed by atoms with E-state index < -0.39 is 18.1 Å². The van der Waals surface area contributed by atoms with Crippen molar-refractivity contribution in [2.45, 2.75) is 25.6 Å². The summed E-state index contributed by atoms with van der Waals surface area (Å²) in [5.74, 6) is 4.85. The monoisotopic (exact) mass is 350 g/mol. The molecule has 3 rings (SSSR count). The number of nitrogens with zero attached hydrogens (tertiary/aromatic N) is 1. The molecule has 0 spiro atoms. The maximum Gasteiger partial charge on any atom is 0.268 e. The van der Waals surface area contributed by atoms with Gasteiger partial charge in [0.25, 0.3) is 11.8 Å². The van der Waals surface area contributed by atoms with Gasteiger partial charge in [0.15, 0.2) is 0 Å². The smallest absolute Gasteiger partial charge is 0.268 e. The van der Waals surface area contributed by atoms with Crippen LogP contribution in [0.15, 0.2) is 48.5 Å². The van der Waals surface area contributed by atoms with Gasteiger partial charge in [-0.25, -0.2) is 5.48 Å². The summed E-state index contributed by atoms with van der Waals surface area (Å²) >= 11 is 0. The Morgan fingerprint density at radius 1 is 1.15 bits per heavy atom. The zero-order valence-electron chi connectivity index (χ0n) is 14.1. The van der Waals surface area contributed by atoms with Gasteiger partial charge in [0.1, 0.15) is 6.04 Å². The first kappa shape index (κ1) is 17.7. The summed E-state index contributed by atoms with van der Waals surface area (Å²) in [6.45, 7) is 1.58. The molecule has 26 heavy (non-hydrogen) atoms. The highest BCUT2D eigenvalue weighted by molar-refractivity contribution is 6.01. The first-order valence-corrected chi connectivity index (χ1v) is 8.14. The molecular formula is C20H18N2O4. The summed E-state index contributed by atoms with van der Waals surface area (Å²) in [6.07, 6.45) is -1.13. The fourth-order valence-corrected chi connectivity index (χ4v) is 2.98. The van der Waals surface area contributed by atoms with E-state index in [4.69, 9.17) is 5.21 Å². The van der Waals surface area contributed by atoms with E-state index in [1.165, 1.54) is 17.3 Å². The van der Waals surface area contributed by atoms with E-state index in [1.54, 1.807) is 12.1 Å². The van der Waals surface area contributed by atoms with Crippen molar-refractivity contribution in [3.63, 3.8) is 0 Å². The predicted octanol–water partition coefficient (Wildman–Crippen LogP) is 1.30. The number of hydrogen-bond donors (Lipinski definition) is 3. The van der Waals surface area contributed by atoms with Gasteiger partial charge in [0, 0.05) is 23.2 Å². The minimum atomic E-state index is -1.17. The second-order valence-corrected chi connectivity index (χ2v) is 6.08. The van der Waals surface area contributed by atoms with Crippen molar-refractivity contribution in [1.82, 2.24) is 10.4 Å². The lowest BCUT2D eigenvalue weighted by Gasteiger charge is -2.27. The minimum absolute atomic E-state index is 0.184. The van der Waals surface area contributed by atoms with Gasteiger partial charge in [-0.05, 0) is 36.8 Å². The molecule has 2 amide bonds. The first-order chi connectivity index (χ1) is 12.5. The molecule has 6 nitrogen and oxygen atoms in total. The number of hydroxylamine groups is 1. The SMILES string of the molecule is C[C@@H](O)[C@H](C(=O)NO)N1Cc2ccc(C#Cc3ccccc3)cc2C1=O. The lowest BCUT2D eigenvalue weighted by atomic mass is 10.1.